The zero-order valence-corrected chi connectivity index (χ0v) is 18.6. The summed E-state index contributed by atoms with van der Waals surface area (Å²) in [5.41, 5.74) is 5.49. The Morgan fingerprint density at radius 3 is 2.18 bits per heavy atom. The second-order valence-electron chi connectivity index (χ2n) is 8.07. The number of hydrogen-bond donors (Lipinski definition) is 1. The molecular weight excluding hydrogens is 432 g/mol. The van der Waals surface area contributed by atoms with Gasteiger partial charge in [-0.1, -0.05) is 78.4 Å². The Morgan fingerprint density at radius 2 is 1.42 bits per heavy atom. The van der Waals surface area contributed by atoms with Gasteiger partial charge in [-0.15, -0.1) is 0 Å². The molecule has 1 N–H and O–H groups in total. The minimum absolute atomic E-state index is 0.131. The third-order valence-corrected chi connectivity index (χ3v) is 7.71. The zero-order valence-electron chi connectivity index (χ0n) is 17.8. The normalized spacial score (nSPS) is 13.9. The molecule has 5 rings (SSSR count). The summed E-state index contributed by atoms with van der Waals surface area (Å²) in [6.07, 6.45) is 1.69. The molecule has 0 fully saturated rings. The van der Waals surface area contributed by atoms with Crippen LogP contribution in [0.1, 0.15) is 27.0 Å². The summed E-state index contributed by atoms with van der Waals surface area (Å²) < 4.78 is 27.0. The summed E-state index contributed by atoms with van der Waals surface area (Å²) in [7, 11) is -3.76. The van der Waals surface area contributed by atoms with Crippen molar-refractivity contribution in [2.45, 2.75) is 11.8 Å². The monoisotopic (exact) mass is 452 g/mol. The Morgan fingerprint density at radius 1 is 0.727 bits per heavy atom. The molecule has 0 atom stereocenters. The third-order valence-electron chi connectivity index (χ3n) is 5.85. The first-order valence-electron chi connectivity index (χ1n) is 10.5. The Bertz CT molecular complexity index is 1560. The molecular formula is C28H20O4S. The van der Waals surface area contributed by atoms with E-state index in [0.717, 1.165) is 16.7 Å². The van der Waals surface area contributed by atoms with E-state index in [1.165, 1.54) is 6.07 Å². The van der Waals surface area contributed by atoms with Crippen LogP contribution in [0.5, 0.6) is 0 Å². The number of hydrogen-bond acceptors (Lipinski definition) is 3. The maximum Gasteiger partial charge on any atom is 0.336 e. The predicted molar refractivity (Wildman–Crippen MR) is 131 cm³/mol. The van der Waals surface area contributed by atoms with Crippen LogP contribution in [0, 0.1) is 6.92 Å². The molecule has 0 saturated heterocycles. The number of sulfone groups is 1. The Kier molecular flexibility index (Phi) is 4.99. The highest BCUT2D eigenvalue weighted by atomic mass is 32.2. The van der Waals surface area contributed by atoms with Gasteiger partial charge in [-0.25, -0.2) is 13.2 Å². The standard InChI is InChI=1S/C28H20O4S/c1-18-6-4-7-19(14-18)20-8-5-9-22(15-20)27-17-23-13-12-21(16-26(23)33(27,31)32)24-10-2-3-11-25(24)28(29)30/h2-17H,1H3,(H,29,30). The summed E-state index contributed by atoms with van der Waals surface area (Å²) >= 11 is 0. The lowest BCUT2D eigenvalue weighted by Crippen LogP contribution is -2.02. The van der Waals surface area contributed by atoms with Gasteiger partial charge in [0.15, 0.2) is 0 Å². The minimum atomic E-state index is -3.76. The molecule has 0 aliphatic carbocycles. The van der Waals surface area contributed by atoms with Crippen molar-refractivity contribution in [1.82, 2.24) is 0 Å². The second-order valence-corrected chi connectivity index (χ2v) is 9.95. The van der Waals surface area contributed by atoms with Crippen molar-refractivity contribution in [3.05, 3.63) is 113 Å². The van der Waals surface area contributed by atoms with Gasteiger partial charge in [-0.05, 0) is 64.6 Å². The molecule has 33 heavy (non-hydrogen) atoms. The number of fused-ring (bicyclic) bond motifs is 1. The molecule has 4 aromatic carbocycles. The number of carboxylic acid groups (broad SMARTS) is 1. The van der Waals surface area contributed by atoms with Crippen LogP contribution in [-0.2, 0) is 9.84 Å². The highest BCUT2D eigenvalue weighted by Gasteiger charge is 2.31. The van der Waals surface area contributed by atoms with E-state index < -0.39 is 15.8 Å². The first-order valence-corrected chi connectivity index (χ1v) is 11.9. The molecule has 0 aromatic heterocycles. The molecule has 1 heterocycles. The zero-order chi connectivity index (χ0) is 23.2. The molecule has 1 aliphatic rings. The molecule has 162 valence electrons. The van der Waals surface area contributed by atoms with Crippen molar-refractivity contribution in [2.75, 3.05) is 0 Å². The third kappa shape index (κ3) is 3.66. The van der Waals surface area contributed by atoms with Crippen molar-refractivity contribution in [1.29, 1.82) is 0 Å². The lowest BCUT2D eigenvalue weighted by atomic mass is 9.98. The average Bonchev–Trinajstić information content (AvgIpc) is 3.09. The van der Waals surface area contributed by atoms with Crippen LogP contribution in [0.15, 0.2) is 95.9 Å². The molecule has 0 saturated carbocycles. The van der Waals surface area contributed by atoms with Gasteiger partial charge >= 0.3 is 5.97 Å². The van der Waals surface area contributed by atoms with Crippen molar-refractivity contribution in [3.8, 4) is 22.3 Å². The first-order chi connectivity index (χ1) is 15.8. The fourth-order valence-corrected chi connectivity index (χ4v) is 5.90. The van der Waals surface area contributed by atoms with Crippen LogP contribution >= 0.6 is 0 Å². The van der Waals surface area contributed by atoms with Gasteiger partial charge in [0.2, 0.25) is 9.84 Å². The van der Waals surface area contributed by atoms with Gasteiger partial charge in [0, 0.05) is 0 Å². The lowest BCUT2D eigenvalue weighted by Gasteiger charge is -2.10. The summed E-state index contributed by atoms with van der Waals surface area (Å²) in [5.74, 6) is -1.05. The van der Waals surface area contributed by atoms with E-state index in [1.807, 2.05) is 43.3 Å². The molecule has 0 bridgehead atoms. The van der Waals surface area contributed by atoms with Crippen molar-refractivity contribution in [2.24, 2.45) is 0 Å². The van der Waals surface area contributed by atoms with Gasteiger partial charge in [-0.3, -0.25) is 0 Å². The molecule has 0 unspecified atom stereocenters. The van der Waals surface area contributed by atoms with Crippen LogP contribution in [-0.4, -0.2) is 19.5 Å². The van der Waals surface area contributed by atoms with Gasteiger partial charge in [-0.2, -0.15) is 0 Å². The van der Waals surface area contributed by atoms with E-state index in [9.17, 15) is 18.3 Å². The maximum absolute atomic E-state index is 13.5. The van der Waals surface area contributed by atoms with Crippen LogP contribution in [0.3, 0.4) is 0 Å². The highest BCUT2D eigenvalue weighted by molar-refractivity contribution is 8.01. The number of aromatic carboxylic acids is 1. The summed E-state index contributed by atoms with van der Waals surface area (Å²) in [6.45, 7) is 2.02. The summed E-state index contributed by atoms with van der Waals surface area (Å²) in [6, 6.07) is 27.3. The quantitative estimate of drug-likeness (QED) is 0.394. The number of carbonyl (C=O) groups is 1. The van der Waals surface area contributed by atoms with Crippen molar-refractivity contribution in [3.63, 3.8) is 0 Å². The largest absolute Gasteiger partial charge is 0.478 e. The van der Waals surface area contributed by atoms with Crippen LogP contribution in [0.4, 0.5) is 0 Å². The number of carboxylic acids is 1. The van der Waals surface area contributed by atoms with E-state index in [0.29, 0.717) is 22.3 Å². The number of rotatable bonds is 4. The van der Waals surface area contributed by atoms with Crippen LogP contribution < -0.4 is 0 Å². The summed E-state index contributed by atoms with van der Waals surface area (Å²) in [4.78, 5) is 12.1. The van der Waals surface area contributed by atoms with Gasteiger partial charge in [0.25, 0.3) is 0 Å². The van der Waals surface area contributed by atoms with Crippen molar-refractivity contribution < 1.29 is 18.3 Å². The SMILES string of the molecule is Cc1cccc(-c2cccc(C3=Cc4ccc(-c5ccccc5C(=O)O)cc4S3(=O)=O)c2)c1. The number of aryl methyl sites for hydroxylation is 1. The summed E-state index contributed by atoms with van der Waals surface area (Å²) in [5, 5.41) is 9.52. The lowest BCUT2D eigenvalue weighted by molar-refractivity contribution is 0.0697. The van der Waals surface area contributed by atoms with Gasteiger partial charge in [0.1, 0.15) is 0 Å². The van der Waals surface area contributed by atoms with Crippen molar-refractivity contribution >= 4 is 26.8 Å². The highest BCUT2D eigenvalue weighted by Crippen LogP contribution is 2.41. The van der Waals surface area contributed by atoms with Gasteiger partial charge in [0.05, 0.1) is 15.4 Å². The van der Waals surface area contributed by atoms with E-state index in [2.05, 4.69) is 6.07 Å². The topological polar surface area (TPSA) is 71.4 Å². The molecule has 0 spiro atoms. The molecule has 4 nitrogen and oxygen atoms in total. The second kappa shape index (κ2) is 7.87. The molecule has 5 heteroatoms. The van der Waals surface area contributed by atoms with E-state index >= 15 is 0 Å². The number of benzene rings is 4. The van der Waals surface area contributed by atoms with E-state index in [4.69, 9.17) is 0 Å². The smallest absolute Gasteiger partial charge is 0.336 e. The van der Waals surface area contributed by atoms with E-state index in [1.54, 1.807) is 48.5 Å². The maximum atomic E-state index is 13.5. The van der Waals surface area contributed by atoms with Gasteiger partial charge < -0.3 is 5.11 Å². The minimum Gasteiger partial charge on any atom is -0.478 e. The Balaban J connectivity index is 1.58. The fourth-order valence-electron chi connectivity index (χ4n) is 4.23. The van der Waals surface area contributed by atoms with Crippen LogP contribution in [0.25, 0.3) is 33.2 Å². The Hall–Kier alpha value is -3.96. The molecule has 0 amide bonds. The average molecular weight is 453 g/mol. The fraction of sp³-hybridized carbons (Fsp3) is 0.0357. The van der Waals surface area contributed by atoms with Crippen LogP contribution in [0.2, 0.25) is 0 Å². The Labute approximate surface area is 192 Å². The molecule has 1 aliphatic heterocycles. The molecule has 4 aromatic rings. The first kappa shape index (κ1) is 20.9. The molecule has 0 radical (unpaired) electrons. The van der Waals surface area contributed by atoms with E-state index in [-0.39, 0.29) is 15.4 Å². The predicted octanol–water partition coefficient (Wildman–Crippen LogP) is 6.31.